The van der Waals surface area contributed by atoms with Crippen LogP contribution >= 0.6 is 0 Å². The molecule has 13 heteroatoms. The van der Waals surface area contributed by atoms with Gasteiger partial charge in [0, 0.05) is 12.6 Å². The maximum absolute atomic E-state index is 11.0. The summed E-state index contributed by atoms with van der Waals surface area (Å²) in [6, 6.07) is -1.80. The van der Waals surface area contributed by atoms with Crippen LogP contribution in [0.25, 0.3) is 0 Å². The van der Waals surface area contributed by atoms with Crippen molar-refractivity contribution in [3.63, 3.8) is 0 Å². The summed E-state index contributed by atoms with van der Waals surface area (Å²) in [5.41, 5.74) is 12.4. The van der Waals surface area contributed by atoms with Gasteiger partial charge in [-0.05, 0) is 25.3 Å². The lowest BCUT2D eigenvalue weighted by molar-refractivity contribution is -0.312. The van der Waals surface area contributed by atoms with Gasteiger partial charge in [0.1, 0.15) is 48.8 Å². The lowest BCUT2D eigenvalue weighted by Crippen LogP contribution is -2.66. The van der Waals surface area contributed by atoms with E-state index in [4.69, 9.17) is 30.4 Å². The fourth-order valence-corrected chi connectivity index (χ4v) is 5.25. The van der Waals surface area contributed by atoms with Gasteiger partial charge < -0.3 is 66.4 Å². The van der Waals surface area contributed by atoms with E-state index >= 15 is 0 Å². The second-order valence-corrected chi connectivity index (χ2v) is 10.6. The first-order chi connectivity index (χ1) is 17.6. The molecule has 0 amide bonds. The van der Waals surface area contributed by atoms with Crippen LogP contribution in [0.2, 0.25) is 0 Å². The molecular weight excluding hydrogens is 490 g/mol. The van der Waals surface area contributed by atoms with Crippen LogP contribution in [0.3, 0.4) is 0 Å². The summed E-state index contributed by atoms with van der Waals surface area (Å²) in [5.74, 6) is -0.276. The van der Waals surface area contributed by atoms with E-state index in [2.05, 4.69) is 12.2 Å². The van der Waals surface area contributed by atoms with E-state index in [9.17, 15) is 30.6 Å². The molecule has 37 heavy (non-hydrogen) atoms. The highest BCUT2D eigenvalue weighted by Gasteiger charge is 2.51. The maximum Gasteiger partial charge on any atom is 0.187 e. The van der Waals surface area contributed by atoms with E-state index in [1.165, 1.54) is 0 Å². The van der Waals surface area contributed by atoms with Crippen LogP contribution in [-0.2, 0) is 18.9 Å². The lowest BCUT2D eigenvalue weighted by atomic mass is 9.80. The van der Waals surface area contributed by atoms with Crippen molar-refractivity contribution >= 4 is 0 Å². The van der Waals surface area contributed by atoms with Crippen molar-refractivity contribution in [3.05, 3.63) is 0 Å². The zero-order chi connectivity index (χ0) is 27.3. The van der Waals surface area contributed by atoms with E-state index in [0.717, 1.165) is 32.2 Å². The van der Waals surface area contributed by atoms with Gasteiger partial charge in [0.05, 0.1) is 18.8 Å². The fraction of sp³-hybridized carbons (Fsp3) is 1.00. The molecule has 3 fully saturated rings. The van der Waals surface area contributed by atoms with Crippen molar-refractivity contribution in [3.8, 4) is 0 Å². The highest BCUT2D eigenvalue weighted by molar-refractivity contribution is 4.99. The van der Waals surface area contributed by atoms with Gasteiger partial charge in [0.15, 0.2) is 12.6 Å². The standard InChI is InChI=1S/C24H47N3O10/c1-3-4-5-6-7-27-9-13-17(30)20(33)24(34-13)37-22-16(29)11(2)8-12(25)21(22)36-23-15(26)19(32)18(31)14(10-28)35-23/h11-24,27-33H,3-10,25-26H2,1-2H3/t11-,12?,13-,14?,15?,16?,17+,18-,19-,20?,21-,22-,23-,24+/m1/s1. The lowest BCUT2D eigenvalue weighted by Gasteiger charge is -2.47. The molecule has 0 spiro atoms. The zero-order valence-electron chi connectivity index (χ0n) is 21.7. The Hall–Kier alpha value is -0.520. The predicted molar refractivity (Wildman–Crippen MR) is 131 cm³/mol. The molecule has 2 heterocycles. The van der Waals surface area contributed by atoms with Crippen molar-refractivity contribution in [1.82, 2.24) is 5.32 Å². The van der Waals surface area contributed by atoms with Gasteiger partial charge in [0.25, 0.3) is 0 Å². The molecule has 0 aromatic rings. The molecule has 0 radical (unpaired) electrons. The van der Waals surface area contributed by atoms with Crippen molar-refractivity contribution < 1.29 is 49.6 Å². The van der Waals surface area contributed by atoms with Crippen LogP contribution < -0.4 is 16.8 Å². The van der Waals surface area contributed by atoms with E-state index in [1.807, 2.05) is 0 Å². The Kier molecular flexibility index (Phi) is 11.9. The second-order valence-electron chi connectivity index (χ2n) is 10.6. The van der Waals surface area contributed by atoms with Gasteiger partial charge in [-0.3, -0.25) is 0 Å². The Balaban J connectivity index is 1.65. The summed E-state index contributed by atoms with van der Waals surface area (Å²) in [7, 11) is 0. The first kappa shape index (κ1) is 31.0. The molecule has 2 saturated heterocycles. The molecule has 218 valence electrons. The number of rotatable bonds is 12. The minimum Gasteiger partial charge on any atom is -0.394 e. The molecule has 0 bridgehead atoms. The highest BCUT2D eigenvalue weighted by Crippen LogP contribution is 2.34. The molecule has 5 unspecified atom stereocenters. The van der Waals surface area contributed by atoms with Crippen molar-refractivity contribution in [2.45, 2.75) is 126 Å². The molecule has 0 aromatic heterocycles. The topological polar surface area (TPSA) is 222 Å². The number of ether oxygens (including phenoxy) is 4. The van der Waals surface area contributed by atoms with Crippen molar-refractivity contribution in [2.24, 2.45) is 17.4 Å². The van der Waals surface area contributed by atoms with Crippen LogP contribution in [0, 0.1) is 5.92 Å². The SMILES string of the molecule is CCCCCCNC[C@H]1O[C@@H](O[C@@H]2C(O)[C@H](C)CC(N)[C@H]2O[C@H]2OC(CO)[C@@H](O)[C@H](O)C2N)C(O)[C@H]1O. The monoisotopic (exact) mass is 537 g/mol. The summed E-state index contributed by atoms with van der Waals surface area (Å²) < 4.78 is 23.4. The van der Waals surface area contributed by atoms with Crippen molar-refractivity contribution in [1.29, 1.82) is 0 Å². The van der Waals surface area contributed by atoms with Crippen LogP contribution in [0.5, 0.6) is 0 Å². The largest absolute Gasteiger partial charge is 0.394 e. The molecule has 1 aliphatic carbocycles. The Morgan fingerprint density at radius 3 is 2.14 bits per heavy atom. The van der Waals surface area contributed by atoms with E-state index in [-0.39, 0.29) is 5.92 Å². The molecule has 2 aliphatic heterocycles. The zero-order valence-corrected chi connectivity index (χ0v) is 21.7. The summed E-state index contributed by atoms with van der Waals surface area (Å²) in [6.45, 7) is 4.44. The van der Waals surface area contributed by atoms with Crippen molar-refractivity contribution in [2.75, 3.05) is 19.7 Å². The molecule has 3 aliphatic rings. The fourth-order valence-electron chi connectivity index (χ4n) is 5.25. The smallest absolute Gasteiger partial charge is 0.187 e. The highest BCUT2D eigenvalue weighted by atomic mass is 16.7. The Labute approximate surface area is 218 Å². The van der Waals surface area contributed by atoms with Gasteiger partial charge in [-0.2, -0.15) is 0 Å². The number of hydrogen-bond donors (Lipinski definition) is 9. The number of aliphatic hydroxyl groups excluding tert-OH is 6. The van der Waals surface area contributed by atoms with E-state index < -0.39 is 86.2 Å². The predicted octanol–water partition coefficient (Wildman–Crippen LogP) is -3.13. The average molecular weight is 538 g/mol. The second kappa shape index (κ2) is 14.2. The third-order valence-corrected chi connectivity index (χ3v) is 7.69. The molecule has 3 rings (SSSR count). The number of nitrogens with one attached hydrogen (secondary N) is 1. The van der Waals surface area contributed by atoms with Crippen LogP contribution in [0.15, 0.2) is 0 Å². The summed E-state index contributed by atoms with van der Waals surface area (Å²) in [5, 5.41) is 65.2. The van der Waals surface area contributed by atoms with Crippen LogP contribution in [0.1, 0.15) is 46.0 Å². The summed E-state index contributed by atoms with van der Waals surface area (Å²) in [4.78, 5) is 0. The molecule has 14 atom stereocenters. The average Bonchev–Trinajstić information content (AvgIpc) is 3.14. The summed E-state index contributed by atoms with van der Waals surface area (Å²) in [6.07, 6.45) is -8.11. The molecule has 13 nitrogen and oxygen atoms in total. The van der Waals surface area contributed by atoms with E-state index in [0.29, 0.717) is 13.0 Å². The minimum absolute atomic E-state index is 0.276. The third-order valence-electron chi connectivity index (χ3n) is 7.69. The van der Waals surface area contributed by atoms with Gasteiger partial charge in [-0.1, -0.05) is 33.1 Å². The van der Waals surface area contributed by atoms with E-state index in [1.54, 1.807) is 6.92 Å². The van der Waals surface area contributed by atoms with Gasteiger partial charge in [-0.15, -0.1) is 0 Å². The van der Waals surface area contributed by atoms with Gasteiger partial charge >= 0.3 is 0 Å². The number of hydrogen-bond acceptors (Lipinski definition) is 13. The number of nitrogens with two attached hydrogens (primary N) is 2. The summed E-state index contributed by atoms with van der Waals surface area (Å²) >= 11 is 0. The molecule has 1 saturated carbocycles. The number of unbranched alkanes of at least 4 members (excludes halogenated alkanes) is 3. The third kappa shape index (κ3) is 7.37. The Morgan fingerprint density at radius 2 is 1.46 bits per heavy atom. The van der Waals surface area contributed by atoms with Gasteiger partial charge in [-0.25, -0.2) is 0 Å². The normalized spacial score (nSPS) is 46.9. The molecular formula is C24H47N3O10. The Bertz CT molecular complexity index is 679. The quantitative estimate of drug-likeness (QED) is 0.112. The molecule has 11 N–H and O–H groups in total. The Morgan fingerprint density at radius 1 is 0.811 bits per heavy atom. The number of aliphatic hydroxyl groups is 6. The molecule has 0 aromatic carbocycles. The maximum atomic E-state index is 11.0. The van der Waals surface area contributed by atoms with Crippen LogP contribution in [-0.4, -0.2) is 130 Å². The van der Waals surface area contributed by atoms with Gasteiger partial charge in [0.2, 0.25) is 0 Å². The first-order valence-electron chi connectivity index (χ1n) is 13.5. The first-order valence-corrected chi connectivity index (χ1v) is 13.5. The van der Waals surface area contributed by atoms with Crippen LogP contribution in [0.4, 0.5) is 0 Å². The minimum atomic E-state index is -1.43.